The maximum atomic E-state index is 11.9. The van der Waals surface area contributed by atoms with E-state index in [1.54, 1.807) is 41.3 Å². The Bertz CT molecular complexity index is 792. The number of esters is 1. The van der Waals surface area contributed by atoms with E-state index in [1.807, 2.05) is 0 Å². The highest BCUT2D eigenvalue weighted by Crippen LogP contribution is 2.27. The number of ether oxygens (including phenoxy) is 2. The zero-order chi connectivity index (χ0) is 17.8. The van der Waals surface area contributed by atoms with Crippen LogP contribution >= 0.6 is 23.2 Å². The second-order valence-electron chi connectivity index (χ2n) is 5.48. The van der Waals surface area contributed by atoms with Gasteiger partial charge in [0.1, 0.15) is 11.5 Å². The van der Waals surface area contributed by atoms with Crippen molar-refractivity contribution in [1.82, 2.24) is 0 Å². The van der Waals surface area contributed by atoms with E-state index in [2.05, 4.69) is 0 Å². The van der Waals surface area contributed by atoms with E-state index in [0.717, 1.165) is 12.1 Å². The third kappa shape index (κ3) is 4.44. The van der Waals surface area contributed by atoms with Crippen LogP contribution in [0, 0.1) is 0 Å². The molecule has 7 heteroatoms. The molecule has 1 heterocycles. The van der Waals surface area contributed by atoms with Crippen molar-refractivity contribution in [3.05, 3.63) is 52.5 Å². The molecule has 0 aliphatic carbocycles. The second-order valence-corrected chi connectivity index (χ2v) is 6.32. The van der Waals surface area contributed by atoms with Gasteiger partial charge in [-0.3, -0.25) is 4.79 Å². The quantitative estimate of drug-likeness (QED) is 0.579. The number of hydrogen-bond acceptors (Lipinski definition) is 4. The van der Waals surface area contributed by atoms with Gasteiger partial charge in [-0.05, 0) is 48.9 Å². The van der Waals surface area contributed by atoms with Gasteiger partial charge < -0.3 is 14.4 Å². The molecule has 2 aromatic carbocycles. The van der Waals surface area contributed by atoms with Crippen LogP contribution in [-0.4, -0.2) is 25.0 Å². The van der Waals surface area contributed by atoms with Crippen LogP contribution in [0.5, 0.6) is 11.5 Å². The van der Waals surface area contributed by atoms with Crippen LogP contribution in [0.1, 0.15) is 12.8 Å². The van der Waals surface area contributed by atoms with Crippen LogP contribution in [0.4, 0.5) is 5.69 Å². The summed E-state index contributed by atoms with van der Waals surface area (Å²) in [6, 6.07) is 11.5. The summed E-state index contributed by atoms with van der Waals surface area (Å²) in [6.07, 6.45) is 1.43. The number of benzene rings is 2. The summed E-state index contributed by atoms with van der Waals surface area (Å²) >= 11 is 11.8. The number of nitrogens with zero attached hydrogens (tertiary/aromatic N) is 1. The van der Waals surface area contributed by atoms with Gasteiger partial charge in [-0.15, -0.1) is 0 Å². The number of carbonyl (C=O) groups excluding carboxylic acids is 2. The molecule has 0 spiro atoms. The molecule has 0 saturated carbocycles. The monoisotopic (exact) mass is 379 g/mol. The molecule has 2 aromatic rings. The van der Waals surface area contributed by atoms with E-state index in [4.69, 9.17) is 32.7 Å². The van der Waals surface area contributed by atoms with Crippen molar-refractivity contribution in [3.63, 3.8) is 0 Å². The lowest BCUT2D eigenvalue weighted by Crippen LogP contribution is -2.23. The molecule has 0 radical (unpaired) electrons. The first-order valence-corrected chi connectivity index (χ1v) is 8.47. The van der Waals surface area contributed by atoms with Gasteiger partial charge in [0.05, 0.1) is 5.02 Å². The topological polar surface area (TPSA) is 55.8 Å². The minimum Gasteiger partial charge on any atom is -0.480 e. The maximum absolute atomic E-state index is 11.9. The van der Waals surface area contributed by atoms with Crippen LogP contribution < -0.4 is 14.4 Å². The molecule has 5 nitrogen and oxygen atoms in total. The zero-order valence-corrected chi connectivity index (χ0v) is 14.7. The fourth-order valence-electron chi connectivity index (χ4n) is 2.51. The van der Waals surface area contributed by atoms with Gasteiger partial charge in [0.15, 0.2) is 6.61 Å². The van der Waals surface area contributed by atoms with Crippen molar-refractivity contribution in [2.75, 3.05) is 18.1 Å². The number of amides is 1. The molecule has 130 valence electrons. The lowest BCUT2D eigenvalue weighted by molar-refractivity contribution is -0.136. The molecule has 0 N–H and O–H groups in total. The van der Waals surface area contributed by atoms with Crippen molar-refractivity contribution in [2.45, 2.75) is 12.8 Å². The van der Waals surface area contributed by atoms with Crippen LogP contribution in [-0.2, 0) is 9.59 Å². The molecule has 0 atom stereocenters. The highest BCUT2D eigenvalue weighted by Gasteiger charge is 2.21. The smallest absolute Gasteiger partial charge is 0.349 e. The molecular weight excluding hydrogens is 365 g/mol. The fraction of sp³-hybridized carbons (Fsp3) is 0.222. The van der Waals surface area contributed by atoms with Crippen molar-refractivity contribution < 1.29 is 19.1 Å². The zero-order valence-electron chi connectivity index (χ0n) is 13.2. The summed E-state index contributed by atoms with van der Waals surface area (Å²) in [6.45, 7) is 0.432. The van der Waals surface area contributed by atoms with E-state index < -0.39 is 5.97 Å². The summed E-state index contributed by atoms with van der Waals surface area (Å²) in [5.74, 6) is 0.283. The first-order valence-electron chi connectivity index (χ1n) is 7.72. The molecule has 3 rings (SSSR count). The van der Waals surface area contributed by atoms with Crippen LogP contribution in [0.15, 0.2) is 42.5 Å². The summed E-state index contributed by atoms with van der Waals surface area (Å²) < 4.78 is 10.5. The van der Waals surface area contributed by atoms with Gasteiger partial charge in [-0.2, -0.15) is 0 Å². The second kappa shape index (κ2) is 7.76. The lowest BCUT2D eigenvalue weighted by Gasteiger charge is -2.15. The first kappa shape index (κ1) is 17.6. The Balaban J connectivity index is 1.55. The van der Waals surface area contributed by atoms with Gasteiger partial charge in [0.25, 0.3) is 0 Å². The van der Waals surface area contributed by atoms with E-state index in [0.29, 0.717) is 34.5 Å². The van der Waals surface area contributed by atoms with Crippen molar-refractivity contribution in [1.29, 1.82) is 0 Å². The number of rotatable bonds is 5. The summed E-state index contributed by atoms with van der Waals surface area (Å²) in [4.78, 5) is 25.3. The number of carbonyl (C=O) groups is 2. The van der Waals surface area contributed by atoms with E-state index >= 15 is 0 Å². The average Bonchev–Trinajstić information content (AvgIpc) is 3.01. The largest absolute Gasteiger partial charge is 0.480 e. The van der Waals surface area contributed by atoms with E-state index in [1.165, 1.54) is 6.07 Å². The lowest BCUT2D eigenvalue weighted by atomic mass is 10.3. The van der Waals surface area contributed by atoms with Crippen LogP contribution in [0.3, 0.4) is 0 Å². The fourth-order valence-corrected chi connectivity index (χ4v) is 2.97. The Morgan fingerprint density at radius 2 is 1.88 bits per heavy atom. The molecule has 1 saturated heterocycles. The Hall–Kier alpha value is -2.24. The molecular formula is C18H15Cl2NO4. The predicted octanol–water partition coefficient (Wildman–Crippen LogP) is 4.10. The van der Waals surface area contributed by atoms with Crippen molar-refractivity contribution in [2.24, 2.45) is 0 Å². The van der Waals surface area contributed by atoms with Crippen molar-refractivity contribution >= 4 is 40.8 Å². The van der Waals surface area contributed by atoms with Gasteiger partial charge in [-0.25, -0.2) is 4.79 Å². The molecule has 1 amide bonds. The van der Waals surface area contributed by atoms with Crippen molar-refractivity contribution in [3.8, 4) is 11.5 Å². The van der Waals surface area contributed by atoms with Gasteiger partial charge in [-0.1, -0.05) is 23.2 Å². The predicted molar refractivity (Wildman–Crippen MR) is 95.6 cm³/mol. The standard InChI is InChI=1S/C18H15Cl2NO4/c19-12-3-8-16(15(20)10-12)24-11-18(23)25-14-6-4-13(5-7-14)21-9-1-2-17(21)22/h3-8,10H,1-2,9,11H2. The highest BCUT2D eigenvalue weighted by atomic mass is 35.5. The van der Waals surface area contributed by atoms with Gasteiger partial charge in [0, 0.05) is 23.7 Å². The summed E-state index contributed by atoms with van der Waals surface area (Å²) in [5, 5.41) is 0.802. The van der Waals surface area contributed by atoms with Gasteiger partial charge in [0.2, 0.25) is 5.91 Å². The molecule has 1 fully saturated rings. The summed E-state index contributed by atoms with van der Waals surface area (Å²) in [5.41, 5.74) is 0.798. The molecule has 1 aliphatic rings. The minimum atomic E-state index is -0.559. The van der Waals surface area contributed by atoms with Crippen LogP contribution in [0.2, 0.25) is 10.0 Å². The third-order valence-corrected chi connectivity index (χ3v) is 4.22. The molecule has 25 heavy (non-hydrogen) atoms. The Morgan fingerprint density at radius 1 is 1.12 bits per heavy atom. The van der Waals surface area contributed by atoms with E-state index in [9.17, 15) is 9.59 Å². The SMILES string of the molecule is O=C(COc1ccc(Cl)cc1Cl)Oc1ccc(N2CCCC2=O)cc1. The summed E-state index contributed by atoms with van der Waals surface area (Å²) in [7, 11) is 0. The Kier molecular flexibility index (Phi) is 5.46. The maximum Gasteiger partial charge on any atom is 0.349 e. The molecule has 0 bridgehead atoms. The number of anilines is 1. The van der Waals surface area contributed by atoms with Gasteiger partial charge >= 0.3 is 5.97 Å². The Labute approximate surface area is 155 Å². The highest BCUT2D eigenvalue weighted by molar-refractivity contribution is 6.35. The molecule has 0 unspecified atom stereocenters. The normalized spacial score (nSPS) is 13.8. The minimum absolute atomic E-state index is 0.109. The number of hydrogen-bond donors (Lipinski definition) is 0. The molecule has 1 aliphatic heterocycles. The molecule has 0 aromatic heterocycles. The average molecular weight is 380 g/mol. The first-order chi connectivity index (χ1) is 12.0. The number of halogens is 2. The van der Waals surface area contributed by atoms with E-state index in [-0.39, 0.29) is 12.5 Å². The third-order valence-electron chi connectivity index (χ3n) is 3.69. The Morgan fingerprint density at radius 3 is 2.52 bits per heavy atom. The van der Waals surface area contributed by atoms with Crippen LogP contribution in [0.25, 0.3) is 0 Å².